The summed E-state index contributed by atoms with van der Waals surface area (Å²) < 4.78 is 0. The molecule has 0 radical (unpaired) electrons. The van der Waals surface area contributed by atoms with Gasteiger partial charge in [-0.05, 0) is 38.7 Å². The maximum absolute atomic E-state index is 4.38. The average molecular weight is 286 g/mol. The molecule has 20 heavy (non-hydrogen) atoms. The highest BCUT2D eigenvalue weighted by atomic mass is 32.1. The van der Waals surface area contributed by atoms with Gasteiger partial charge in [0.2, 0.25) is 0 Å². The predicted octanol–water partition coefficient (Wildman–Crippen LogP) is 3.84. The third-order valence-electron chi connectivity index (χ3n) is 3.90. The summed E-state index contributed by atoms with van der Waals surface area (Å²) in [7, 11) is 0. The Bertz CT molecular complexity index is 555. The van der Waals surface area contributed by atoms with Crippen LogP contribution in [-0.2, 0) is 6.42 Å². The van der Waals surface area contributed by atoms with Gasteiger partial charge in [-0.15, -0.1) is 11.3 Å². The summed E-state index contributed by atoms with van der Waals surface area (Å²) >= 11 is 1.82. The van der Waals surface area contributed by atoms with Gasteiger partial charge < -0.3 is 5.32 Å². The molecule has 2 aromatic rings. The van der Waals surface area contributed by atoms with Crippen LogP contribution < -0.4 is 5.32 Å². The molecule has 1 fully saturated rings. The molecule has 1 atom stereocenters. The Balaban J connectivity index is 1.73. The first-order chi connectivity index (χ1) is 9.70. The fourth-order valence-corrected chi connectivity index (χ4v) is 3.36. The van der Waals surface area contributed by atoms with Crippen molar-refractivity contribution < 1.29 is 0 Å². The first kappa shape index (κ1) is 13.8. The molecule has 1 aromatic heterocycles. The lowest BCUT2D eigenvalue weighted by Crippen LogP contribution is -2.24. The van der Waals surface area contributed by atoms with Gasteiger partial charge in [0.05, 0.1) is 5.01 Å². The summed E-state index contributed by atoms with van der Waals surface area (Å²) in [5.41, 5.74) is 2.77. The zero-order chi connectivity index (χ0) is 13.9. The molecule has 2 nitrogen and oxygen atoms in total. The number of hydrogen-bond acceptors (Lipinski definition) is 3. The lowest BCUT2D eigenvalue weighted by atomic mass is 9.94. The summed E-state index contributed by atoms with van der Waals surface area (Å²) in [6.45, 7) is 5.30. The minimum atomic E-state index is 0.552. The van der Waals surface area contributed by atoms with Gasteiger partial charge in [0.25, 0.3) is 0 Å². The molecule has 1 heterocycles. The second-order valence-corrected chi connectivity index (χ2v) is 7.16. The highest BCUT2D eigenvalue weighted by Gasteiger charge is 2.23. The zero-order valence-corrected chi connectivity index (χ0v) is 13.0. The van der Waals surface area contributed by atoms with Crippen LogP contribution in [0.25, 0.3) is 0 Å². The van der Waals surface area contributed by atoms with E-state index in [9.17, 15) is 0 Å². The molecule has 1 aliphatic carbocycles. The van der Waals surface area contributed by atoms with Gasteiger partial charge in [-0.25, -0.2) is 4.98 Å². The number of benzene rings is 1. The monoisotopic (exact) mass is 286 g/mol. The summed E-state index contributed by atoms with van der Waals surface area (Å²) in [6, 6.07) is 9.77. The maximum atomic E-state index is 4.38. The van der Waals surface area contributed by atoms with Crippen LogP contribution in [0.3, 0.4) is 0 Å². The molecule has 0 amide bonds. The minimum Gasteiger partial charge on any atom is -0.313 e. The standard InChI is InChI=1S/C17H22N2S/c1-12-3-5-14(6-4-12)15(10-19-16-7-8-16)9-17-11-18-13(2)20-17/h3-6,11,15-16,19H,7-10H2,1-2H3. The van der Waals surface area contributed by atoms with Gasteiger partial charge in [0, 0.05) is 29.6 Å². The van der Waals surface area contributed by atoms with E-state index >= 15 is 0 Å². The maximum Gasteiger partial charge on any atom is 0.0896 e. The Hall–Kier alpha value is -1.19. The molecule has 1 unspecified atom stereocenters. The molecule has 1 N–H and O–H groups in total. The van der Waals surface area contributed by atoms with Crippen molar-refractivity contribution in [2.75, 3.05) is 6.54 Å². The van der Waals surface area contributed by atoms with E-state index in [1.807, 2.05) is 17.5 Å². The number of nitrogens with one attached hydrogen (secondary N) is 1. The van der Waals surface area contributed by atoms with Crippen LogP contribution in [0, 0.1) is 13.8 Å². The molecule has 0 spiro atoms. The van der Waals surface area contributed by atoms with E-state index in [0.29, 0.717) is 5.92 Å². The van der Waals surface area contributed by atoms with Crippen molar-refractivity contribution in [3.05, 3.63) is 51.5 Å². The van der Waals surface area contributed by atoms with E-state index in [1.165, 1.54) is 28.8 Å². The van der Waals surface area contributed by atoms with Crippen LogP contribution in [0.4, 0.5) is 0 Å². The van der Waals surface area contributed by atoms with Crippen LogP contribution in [0.15, 0.2) is 30.5 Å². The van der Waals surface area contributed by atoms with Crippen molar-refractivity contribution in [2.24, 2.45) is 0 Å². The van der Waals surface area contributed by atoms with Crippen LogP contribution in [0.2, 0.25) is 0 Å². The number of aromatic nitrogens is 1. The molecule has 3 heteroatoms. The van der Waals surface area contributed by atoms with E-state index in [4.69, 9.17) is 0 Å². The molecule has 0 saturated heterocycles. The van der Waals surface area contributed by atoms with E-state index in [0.717, 1.165) is 24.0 Å². The number of rotatable bonds is 6. The Kier molecular flexibility index (Phi) is 4.18. The van der Waals surface area contributed by atoms with Crippen molar-refractivity contribution in [2.45, 2.75) is 45.1 Å². The molecule has 3 rings (SSSR count). The van der Waals surface area contributed by atoms with E-state index in [2.05, 4.69) is 48.4 Å². The topological polar surface area (TPSA) is 24.9 Å². The van der Waals surface area contributed by atoms with Crippen molar-refractivity contribution in [3.8, 4) is 0 Å². The Morgan fingerprint density at radius 1 is 1.25 bits per heavy atom. The van der Waals surface area contributed by atoms with Crippen molar-refractivity contribution in [1.29, 1.82) is 0 Å². The third kappa shape index (κ3) is 3.68. The molecule has 0 bridgehead atoms. The molecule has 1 aromatic carbocycles. The predicted molar refractivity (Wildman–Crippen MR) is 85.5 cm³/mol. The highest BCUT2D eigenvalue weighted by molar-refractivity contribution is 7.11. The lowest BCUT2D eigenvalue weighted by molar-refractivity contribution is 0.579. The van der Waals surface area contributed by atoms with Crippen LogP contribution in [-0.4, -0.2) is 17.6 Å². The Morgan fingerprint density at radius 3 is 2.60 bits per heavy atom. The largest absolute Gasteiger partial charge is 0.313 e. The highest BCUT2D eigenvalue weighted by Crippen LogP contribution is 2.26. The van der Waals surface area contributed by atoms with Crippen LogP contribution >= 0.6 is 11.3 Å². The van der Waals surface area contributed by atoms with Gasteiger partial charge in [0.15, 0.2) is 0 Å². The van der Waals surface area contributed by atoms with Crippen molar-refractivity contribution in [3.63, 3.8) is 0 Å². The summed E-state index contributed by atoms with van der Waals surface area (Å²) in [4.78, 5) is 5.78. The lowest BCUT2D eigenvalue weighted by Gasteiger charge is -2.17. The van der Waals surface area contributed by atoms with Crippen LogP contribution in [0.5, 0.6) is 0 Å². The van der Waals surface area contributed by atoms with Gasteiger partial charge >= 0.3 is 0 Å². The third-order valence-corrected chi connectivity index (χ3v) is 4.83. The number of hydrogen-bond donors (Lipinski definition) is 1. The fraction of sp³-hybridized carbons (Fsp3) is 0.471. The van der Waals surface area contributed by atoms with Gasteiger partial charge in [-0.2, -0.15) is 0 Å². The Morgan fingerprint density at radius 2 is 2.00 bits per heavy atom. The number of nitrogens with zero attached hydrogens (tertiary/aromatic N) is 1. The van der Waals surface area contributed by atoms with Crippen molar-refractivity contribution >= 4 is 11.3 Å². The van der Waals surface area contributed by atoms with Gasteiger partial charge in [-0.1, -0.05) is 29.8 Å². The zero-order valence-electron chi connectivity index (χ0n) is 12.2. The molecule has 0 aliphatic heterocycles. The van der Waals surface area contributed by atoms with Gasteiger partial charge in [0.1, 0.15) is 0 Å². The number of thiazole rings is 1. The fourth-order valence-electron chi connectivity index (χ4n) is 2.49. The SMILES string of the molecule is Cc1ccc(C(CNC2CC2)Cc2cnc(C)s2)cc1. The Labute approximate surface area is 125 Å². The number of aryl methyl sites for hydroxylation is 2. The normalized spacial score (nSPS) is 16.3. The second-order valence-electron chi connectivity index (χ2n) is 5.84. The minimum absolute atomic E-state index is 0.552. The van der Waals surface area contributed by atoms with E-state index in [1.54, 1.807) is 0 Å². The van der Waals surface area contributed by atoms with Gasteiger partial charge in [-0.3, -0.25) is 0 Å². The first-order valence-electron chi connectivity index (χ1n) is 7.42. The second kappa shape index (κ2) is 6.06. The molecular weight excluding hydrogens is 264 g/mol. The average Bonchev–Trinajstić information content (AvgIpc) is 3.18. The summed E-state index contributed by atoms with van der Waals surface area (Å²) in [5, 5.41) is 4.85. The molecular formula is C17H22N2S. The van der Waals surface area contributed by atoms with Crippen LogP contribution in [0.1, 0.15) is 39.8 Å². The quantitative estimate of drug-likeness (QED) is 0.873. The molecule has 1 saturated carbocycles. The first-order valence-corrected chi connectivity index (χ1v) is 8.23. The van der Waals surface area contributed by atoms with E-state index in [-0.39, 0.29) is 0 Å². The summed E-state index contributed by atoms with van der Waals surface area (Å²) in [6.07, 6.45) is 5.83. The summed E-state index contributed by atoms with van der Waals surface area (Å²) in [5.74, 6) is 0.552. The van der Waals surface area contributed by atoms with Crippen molar-refractivity contribution in [1.82, 2.24) is 10.3 Å². The molecule has 1 aliphatic rings. The molecule has 106 valence electrons. The van der Waals surface area contributed by atoms with E-state index < -0.39 is 0 Å². The smallest absolute Gasteiger partial charge is 0.0896 e.